The van der Waals surface area contributed by atoms with E-state index in [2.05, 4.69) is 20.6 Å². The first-order valence-electron chi connectivity index (χ1n) is 7.25. The Kier molecular flexibility index (Phi) is 4.57. The van der Waals surface area contributed by atoms with E-state index in [9.17, 15) is 9.18 Å². The molecule has 0 atom stereocenters. The zero-order chi connectivity index (χ0) is 17.1. The summed E-state index contributed by atoms with van der Waals surface area (Å²) in [5.41, 5.74) is 1.58. The van der Waals surface area contributed by atoms with Crippen molar-refractivity contribution in [2.75, 3.05) is 19.0 Å². The van der Waals surface area contributed by atoms with E-state index >= 15 is 0 Å². The first-order valence-corrected chi connectivity index (χ1v) is 8.06. The van der Waals surface area contributed by atoms with Crippen LogP contribution in [0.4, 0.5) is 14.3 Å². The third kappa shape index (κ3) is 3.28. The van der Waals surface area contributed by atoms with Crippen LogP contribution in [0.2, 0.25) is 0 Å². The second-order valence-electron chi connectivity index (χ2n) is 4.92. The Morgan fingerprint density at radius 2 is 2.17 bits per heavy atom. The highest BCUT2D eigenvalue weighted by Gasteiger charge is 2.13. The molecule has 0 aliphatic heterocycles. The minimum absolute atomic E-state index is 0.339. The molecule has 2 aromatic heterocycles. The number of urea groups is 1. The summed E-state index contributed by atoms with van der Waals surface area (Å²) in [6.07, 6.45) is 3.12. The van der Waals surface area contributed by atoms with Crippen molar-refractivity contribution >= 4 is 32.7 Å². The molecule has 0 aliphatic carbocycles. The molecular weight excluding hydrogens is 331 g/mol. The number of hydrogen-bond acceptors (Lipinski definition) is 5. The summed E-state index contributed by atoms with van der Waals surface area (Å²) in [7, 11) is 1.53. The molecule has 0 bridgehead atoms. The fraction of sp³-hybridized carbons (Fsp3) is 0.188. The second kappa shape index (κ2) is 6.79. The molecule has 0 saturated heterocycles. The number of carbonyl (C=O) groups is 1. The number of anilines is 1. The lowest BCUT2D eigenvalue weighted by atomic mass is 10.1. The number of ether oxygens (including phenoxy) is 1. The van der Waals surface area contributed by atoms with Crippen LogP contribution in [-0.2, 0) is 0 Å². The van der Waals surface area contributed by atoms with Crippen molar-refractivity contribution in [2.24, 2.45) is 0 Å². The molecular formula is C16H15FN4O2S. The van der Waals surface area contributed by atoms with E-state index in [1.54, 1.807) is 24.5 Å². The highest BCUT2D eigenvalue weighted by Crippen LogP contribution is 2.33. The van der Waals surface area contributed by atoms with Gasteiger partial charge in [-0.15, -0.1) is 0 Å². The predicted molar refractivity (Wildman–Crippen MR) is 92.1 cm³/mol. The van der Waals surface area contributed by atoms with Gasteiger partial charge in [0.1, 0.15) is 11.6 Å². The van der Waals surface area contributed by atoms with Crippen LogP contribution in [0.1, 0.15) is 6.92 Å². The van der Waals surface area contributed by atoms with E-state index in [0.717, 1.165) is 0 Å². The summed E-state index contributed by atoms with van der Waals surface area (Å²) >= 11 is 1.21. The number of carbonyl (C=O) groups excluding carboxylic acids is 1. The molecule has 2 heterocycles. The lowest BCUT2D eigenvalue weighted by Crippen LogP contribution is -2.28. The van der Waals surface area contributed by atoms with Gasteiger partial charge < -0.3 is 10.1 Å². The van der Waals surface area contributed by atoms with Gasteiger partial charge in [-0.25, -0.2) is 14.2 Å². The lowest BCUT2D eigenvalue weighted by Gasteiger charge is -2.05. The van der Waals surface area contributed by atoms with Gasteiger partial charge in [0.15, 0.2) is 5.13 Å². The summed E-state index contributed by atoms with van der Waals surface area (Å²) in [6, 6.07) is 4.41. The molecule has 0 radical (unpaired) electrons. The van der Waals surface area contributed by atoms with Crippen molar-refractivity contribution in [2.45, 2.75) is 6.92 Å². The molecule has 124 valence electrons. The molecule has 0 saturated carbocycles. The Morgan fingerprint density at radius 1 is 1.33 bits per heavy atom. The number of hydrogen-bond donors (Lipinski definition) is 2. The van der Waals surface area contributed by atoms with Crippen LogP contribution >= 0.6 is 11.3 Å². The number of pyridine rings is 1. The summed E-state index contributed by atoms with van der Waals surface area (Å²) in [5.74, 6) is 0.162. The highest BCUT2D eigenvalue weighted by atomic mass is 32.1. The maximum absolute atomic E-state index is 14.4. The SMILES string of the molecule is CCNC(=O)Nc1nc2cc(-c3cncc(OC)c3)c(F)cc2s1. The Hall–Kier alpha value is -2.74. The molecule has 2 amide bonds. The van der Waals surface area contributed by atoms with E-state index < -0.39 is 0 Å². The van der Waals surface area contributed by atoms with Crippen LogP contribution in [0.5, 0.6) is 5.75 Å². The molecule has 0 spiro atoms. The van der Waals surface area contributed by atoms with Gasteiger partial charge in [-0.05, 0) is 25.1 Å². The quantitative estimate of drug-likeness (QED) is 0.756. The Balaban J connectivity index is 1.98. The van der Waals surface area contributed by atoms with Crippen LogP contribution < -0.4 is 15.4 Å². The van der Waals surface area contributed by atoms with Gasteiger partial charge in [0.2, 0.25) is 0 Å². The van der Waals surface area contributed by atoms with Gasteiger partial charge in [-0.1, -0.05) is 11.3 Å². The minimum atomic E-state index is -0.384. The molecule has 2 N–H and O–H groups in total. The largest absolute Gasteiger partial charge is 0.495 e. The maximum atomic E-state index is 14.4. The summed E-state index contributed by atoms with van der Waals surface area (Å²) in [6.45, 7) is 2.33. The zero-order valence-electron chi connectivity index (χ0n) is 13.1. The smallest absolute Gasteiger partial charge is 0.321 e. The van der Waals surface area contributed by atoms with Crippen LogP contribution in [0.3, 0.4) is 0 Å². The normalized spacial score (nSPS) is 10.6. The molecule has 1 aromatic carbocycles. The predicted octanol–water partition coefficient (Wildman–Crippen LogP) is 3.65. The number of amides is 2. The van der Waals surface area contributed by atoms with Gasteiger partial charge in [-0.2, -0.15) is 0 Å². The van der Waals surface area contributed by atoms with Crippen LogP contribution in [-0.4, -0.2) is 29.7 Å². The van der Waals surface area contributed by atoms with E-state index in [-0.39, 0.29) is 11.8 Å². The first kappa shape index (κ1) is 16.1. The van der Waals surface area contributed by atoms with Crippen LogP contribution in [0.15, 0.2) is 30.6 Å². The first-order chi connectivity index (χ1) is 11.6. The number of rotatable bonds is 4. The van der Waals surface area contributed by atoms with Crippen LogP contribution in [0.25, 0.3) is 21.3 Å². The average molecular weight is 346 g/mol. The van der Waals surface area contributed by atoms with Gasteiger partial charge in [0.25, 0.3) is 0 Å². The molecule has 0 unspecified atom stereocenters. The molecule has 3 aromatic rings. The maximum Gasteiger partial charge on any atom is 0.321 e. The molecule has 0 fully saturated rings. The van der Waals surface area contributed by atoms with Gasteiger partial charge in [0, 0.05) is 23.9 Å². The summed E-state index contributed by atoms with van der Waals surface area (Å²) in [4.78, 5) is 19.9. The van der Waals surface area contributed by atoms with Gasteiger partial charge >= 0.3 is 6.03 Å². The third-order valence-corrected chi connectivity index (χ3v) is 4.23. The second-order valence-corrected chi connectivity index (χ2v) is 5.95. The number of benzene rings is 1. The average Bonchev–Trinajstić information content (AvgIpc) is 2.95. The molecule has 8 heteroatoms. The lowest BCUT2D eigenvalue weighted by molar-refractivity contribution is 0.252. The standard InChI is InChI=1S/C16H15FN4O2S/c1-3-19-15(22)21-16-20-13-5-11(12(17)6-14(13)24-16)9-4-10(23-2)8-18-7-9/h4-8H,3H2,1-2H3,(H2,19,20,21,22). The Bertz CT molecular complexity index is 897. The molecule has 0 aliphatic rings. The van der Waals surface area contributed by atoms with Crippen molar-refractivity contribution in [1.82, 2.24) is 15.3 Å². The van der Waals surface area contributed by atoms with E-state index in [0.29, 0.717) is 38.8 Å². The fourth-order valence-corrected chi connectivity index (χ4v) is 3.07. The number of fused-ring (bicyclic) bond motifs is 1. The number of nitrogens with one attached hydrogen (secondary N) is 2. The summed E-state index contributed by atoms with van der Waals surface area (Å²) in [5, 5.41) is 5.67. The number of methoxy groups -OCH3 is 1. The third-order valence-electron chi connectivity index (χ3n) is 3.29. The minimum Gasteiger partial charge on any atom is -0.495 e. The Morgan fingerprint density at radius 3 is 2.92 bits per heavy atom. The topological polar surface area (TPSA) is 76.1 Å². The monoisotopic (exact) mass is 346 g/mol. The van der Waals surface area contributed by atoms with Gasteiger partial charge in [-0.3, -0.25) is 10.3 Å². The van der Waals surface area contributed by atoms with Crippen molar-refractivity contribution in [1.29, 1.82) is 0 Å². The summed E-state index contributed by atoms with van der Waals surface area (Å²) < 4.78 is 20.2. The zero-order valence-corrected chi connectivity index (χ0v) is 13.9. The van der Waals surface area contributed by atoms with Crippen molar-refractivity contribution in [3.8, 4) is 16.9 Å². The van der Waals surface area contributed by atoms with E-state index in [1.165, 1.54) is 24.5 Å². The molecule has 24 heavy (non-hydrogen) atoms. The Labute approximate surface area is 141 Å². The number of aromatic nitrogens is 2. The number of halogens is 1. The van der Waals surface area contributed by atoms with E-state index in [1.807, 2.05) is 6.92 Å². The highest BCUT2D eigenvalue weighted by molar-refractivity contribution is 7.22. The van der Waals surface area contributed by atoms with Gasteiger partial charge in [0.05, 0.1) is 23.5 Å². The van der Waals surface area contributed by atoms with Crippen molar-refractivity contribution in [3.05, 3.63) is 36.4 Å². The van der Waals surface area contributed by atoms with Crippen molar-refractivity contribution < 1.29 is 13.9 Å². The van der Waals surface area contributed by atoms with Crippen molar-refractivity contribution in [3.63, 3.8) is 0 Å². The molecule has 3 rings (SSSR count). The number of thiazole rings is 1. The molecule has 6 nitrogen and oxygen atoms in total. The van der Waals surface area contributed by atoms with E-state index in [4.69, 9.17) is 4.74 Å². The number of nitrogens with zero attached hydrogens (tertiary/aromatic N) is 2. The fourth-order valence-electron chi connectivity index (χ4n) is 2.20. The van der Waals surface area contributed by atoms with Crippen LogP contribution in [0, 0.1) is 5.82 Å².